The van der Waals surface area contributed by atoms with Crippen molar-refractivity contribution in [3.05, 3.63) is 35.9 Å². The molecule has 0 N–H and O–H groups in total. The fourth-order valence-corrected chi connectivity index (χ4v) is 3.09. The average Bonchev–Trinajstić information content (AvgIpc) is 2.50. The summed E-state index contributed by atoms with van der Waals surface area (Å²) < 4.78 is 0. The number of unbranched alkanes of at least 4 members (excludes halogenated alkanes) is 8. The first-order chi connectivity index (χ1) is 9.88. The molecule has 0 aliphatic carbocycles. The number of rotatable bonds is 12. The van der Waals surface area contributed by atoms with E-state index in [4.69, 9.17) is 11.6 Å². The first-order valence-corrected chi connectivity index (χ1v) is 9.02. The Morgan fingerprint density at radius 1 is 0.800 bits per heavy atom. The second-order valence-corrected chi connectivity index (χ2v) is 6.19. The summed E-state index contributed by atoms with van der Waals surface area (Å²) in [6.45, 7) is 2.28. The molecule has 1 atom stereocenters. The van der Waals surface area contributed by atoms with Crippen LogP contribution >= 0.6 is 11.6 Å². The summed E-state index contributed by atoms with van der Waals surface area (Å²) in [4.78, 5) is 0. The molecule has 20 heavy (non-hydrogen) atoms. The molecule has 1 unspecified atom stereocenters. The van der Waals surface area contributed by atoms with Crippen LogP contribution in [0.5, 0.6) is 0 Å². The Bertz CT molecular complexity index is 307. The van der Waals surface area contributed by atoms with E-state index in [0.717, 1.165) is 5.88 Å². The highest BCUT2D eigenvalue weighted by atomic mass is 35.5. The summed E-state index contributed by atoms with van der Waals surface area (Å²) in [5.74, 6) is 1.29. The van der Waals surface area contributed by atoms with Crippen molar-refractivity contribution in [3.8, 4) is 0 Å². The van der Waals surface area contributed by atoms with Crippen LogP contribution in [0, 0.1) is 0 Å². The van der Waals surface area contributed by atoms with Crippen LogP contribution < -0.4 is 0 Å². The molecule has 0 aliphatic heterocycles. The maximum Gasteiger partial charge on any atom is 0.0292 e. The minimum absolute atomic E-state index is 0.544. The summed E-state index contributed by atoms with van der Waals surface area (Å²) in [6, 6.07) is 10.7. The van der Waals surface area contributed by atoms with Crippen molar-refractivity contribution >= 4 is 11.6 Å². The van der Waals surface area contributed by atoms with Crippen LogP contribution in [0.1, 0.15) is 82.6 Å². The third-order valence-corrected chi connectivity index (χ3v) is 4.49. The van der Waals surface area contributed by atoms with E-state index in [1.807, 2.05) is 0 Å². The van der Waals surface area contributed by atoms with Crippen molar-refractivity contribution in [1.82, 2.24) is 0 Å². The van der Waals surface area contributed by atoms with E-state index in [9.17, 15) is 0 Å². The van der Waals surface area contributed by atoms with E-state index in [2.05, 4.69) is 37.3 Å². The van der Waals surface area contributed by atoms with Gasteiger partial charge in [0.05, 0.1) is 0 Å². The van der Waals surface area contributed by atoms with Crippen LogP contribution in [-0.2, 0) is 0 Å². The highest BCUT2D eigenvalue weighted by Gasteiger charge is 2.09. The minimum Gasteiger partial charge on any atom is -0.126 e. The predicted molar refractivity (Wildman–Crippen MR) is 91.7 cm³/mol. The third-order valence-electron chi connectivity index (χ3n) is 4.11. The van der Waals surface area contributed by atoms with E-state index in [1.165, 1.54) is 69.8 Å². The number of alkyl halides is 1. The second kappa shape index (κ2) is 12.3. The molecule has 0 nitrogen and oxygen atoms in total. The molecule has 0 aromatic heterocycles. The van der Waals surface area contributed by atoms with Crippen LogP contribution in [0.15, 0.2) is 30.3 Å². The van der Waals surface area contributed by atoms with Gasteiger partial charge >= 0.3 is 0 Å². The van der Waals surface area contributed by atoms with E-state index < -0.39 is 0 Å². The van der Waals surface area contributed by atoms with E-state index >= 15 is 0 Å². The van der Waals surface area contributed by atoms with Gasteiger partial charge in [-0.05, 0) is 17.9 Å². The lowest BCUT2D eigenvalue weighted by atomic mass is 9.94. The molecule has 0 heterocycles. The quantitative estimate of drug-likeness (QED) is 0.289. The largest absolute Gasteiger partial charge is 0.126 e. The number of hydrogen-bond acceptors (Lipinski definition) is 0. The molecule has 1 rings (SSSR count). The van der Waals surface area contributed by atoms with Crippen molar-refractivity contribution in [3.63, 3.8) is 0 Å². The summed E-state index contributed by atoms with van der Waals surface area (Å²) in [5.41, 5.74) is 1.40. The van der Waals surface area contributed by atoms with Crippen molar-refractivity contribution in [1.29, 1.82) is 0 Å². The van der Waals surface area contributed by atoms with Gasteiger partial charge in [0.15, 0.2) is 0 Å². The zero-order valence-corrected chi connectivity index (χ0v) is 13.9. The zero-order valence-electron chi connectivity index (χ0n) is 13.1. The normalized spacial score (nSPS) is 12.5. The molecule has 114 valence electrons. The van der Waals surface area contributed by atoms with Gasteiger partial charge in [0.2, 0.25) is 0 Å². The van der Waals surface area contributed by atoms with Gasteiger partial charge in [0.1, 0.15) is 0 Å². The Morgan fingerprint density at radius 3 is 1.90 bits per heavy atom. The van der Waals surface area contributed by atoms with Gasteiger partial charge in [-0.25, -0.2) is 0 Å². The van der Waals surface area contributed by atoms with Gasteiger partial charge in [-0.3, -0.25) is 0 Å². The Kier molecular flexibility index (Phi) is 10.8. The van der Waals surface area contributed by atoms with Gasteiger partial charge in [-0.1, -0.05) is 95.0 Å². The fourth-order valence-electron chi connectivity index (χ4n) is 2.76. The van der Waals surface area contributed by atoms with Crippen molar-refractivity contribution in [2.45, 2.75) is 77.0 Å². The molecule has 0 bridgehead atoms. The van der Waals surface area contributed by atoms with Gasteiger partial charge < -0.3 is 0 Å². The first-order valence-electron chi connectivity index (χ1n) is 8.49. The Labute approximate surface area is 130 Å². The number of benzene rings is 1. The number of hydrogen-bond donors (Lipinski definition) is 0. The maximum absolute atomic E-state index is 6.11. The van der Waals surface area contributed by atoms with E-state index in [1.54, 1.807) is 0 Å². The van der Waals surface area contributed by atoms with E-state index in [0.29, 0.717) is 5.92 Å². The maximum atomic E-state index is 6.11. The lowest BCUT2D eigenvalue weighted by molar-refractivity contribution is 0.540. The average molecular weight is 295 g/mol. The SMILES string of the molecule is CCCCCCCCCCCC(CCl)c1ccccc1. The third kappa shape index (κ3) is 7.94. The summed E-state index contributed by atoms with van der Waals surface area (Å²) in [6.07, 6.45) is 13.8. The molecule has 1 aromatic rings. The monoisotopic (exact) mass is 294 g/mol. The van der Waals surface area contributed by atoms with Crippen molar-refractivity contribution in [2.75, 3.05) is 5.88 Å². The van der Waals surface area contributed by atoms with Gasteiger partial charge in [-0.2, -0.15) is 0 Å². The van der Waals surface area contributed by atoms with Gasteiger partial charge in [0.25, 0.3) is 0 Å². The minimum atomic E-state index is 0.544. The van der Waals surface area contributed by atoms with Crippen LogP contribution in [0.4, 0.5) is 0 Å². The van der Waals surface area contributed by atoms with Crippen LogP contribution in [0.3, 0.4) is 0 Å². The molecular formula is C19H31Cl. The molecule has 0 saturated heterocycles. The number of halogens is 1. The lowest BCUT2D eigenvalue weighted by Crippen LogP contribution is -2.00. The summed E-state index contributed by atoms with van der Waals surface area (Å²) in [5, 5.41) is 0. The van der Waals surface area contributed by atoms with Gasteiger partial charge in [-0.15, -0.1) is 11.6 Å². The van der Waals surface area contributed by atoms with Crippen molar-refractivity contribution in [2.24, 2.45) is 0 Å². The molecule has 0 fully saturated rings. The van der Waals surface area contributed by atoms with Crippen molar-refractivity contribution < 1.29 is 0 Å². The van der Waals surface area contributed by atoms with Crippen LogP contribution in [0.25, 0.3) is 0 Å². The van der Waals surface area contributed by atoms with E-state index in [-0.39, 0.29) is 0 Å². The first kappa shape index (κ1) is 17.6. The summed E-state index contributed by atoms with van der Waals surface area (Å²) in [7, 11) is 0. The summed E-state index contributed by atoms with van der Waals surface area (Å²) >= 11 is 6.11. The molecule has 0 spiro atoms. The van der Waals surface area contributed by atoms with Gasteiger partial charge in [0, 0.05) is 5.88 Å². The Balaban J connectivity index is 2.02. The van der Waals surface area contributed by atoms with Crippen LogP contribution in [0.2, 0.25) is 0 Å². The topological polar surface area (TPSA) is 0 Å². The second-order valence-electron chi connectivity index (χ2n) is 5.88. The molecule has 1 aromatic carbocycles. The molecule has 1 heteroatoms. The molecular weight excluding hydrogens is 264 g/mol. The Hall–Kier alpha value is -0.490. The molecule has 0 saturated carbocycles. The molecule has 0 aliphatic rings. The smallest absolute Gasteiger partial charge is 0.0292 e. The highest BCUT2D eigenvalue weighted by molar-refractivity contribution is 6.18. The predicted octanol–water partition coefficient (Wildman–Crippen LogP) is 6.93. The Morgan fingerprint density at radius 2 is 1.35 bits per heavy atom. The standard InChI is InChI=1S/C19H31Cl/c1-2-3-4-5-6-7-8-9-11-16-19(17-20)18-14-12-10-13-15-18/h10,12-15,19H,2-9,11,16-17H2,1H3. The highest BCUT2D eigenvalue weighted by Crippen LogP contribution is 2.24. The molecule has 0 amide bonds. The van der Waals surface area contributed by atoms with Crippen LogP contribution in [-0.4, -0.2) is 5.88 Å². The zero-order chi connectivity index (χ0) is 14.5. The lowest BCUT2D eigenvalue weighted by Gasteiger charge is -2.14. The molecule has 0 radical (unpaired) electrons. The fraction of sp³-hybridized carbons (Fsp3) is 0.684.